The molecule has 3 nitrogen and oxygen atoms in total. The maximum absolute atomic E-state index is 12.2. The summed E-state index contributed by atoms with van der Waals surface area (Å²) in [6.45, 7) is 1.32. The Balaban J connectivity index is 2.35. The molecule has 0 aromatic rings. The molecule has 0 aliphatic carbocycles. The fourth-order valence-corrected chi connectivity index (χ4v) is 1.76. The van der Waals surface area contributed by atoms with Crippen LogP contribution in [0.25, 0.3) is 0 Å². The van der Waals surface area contributed by atoms with Crippen LogP contribution in [0.15, 0.2) is 0 Å². The summed E-state index contributed by atoms with van der Waals surface area (Å²) < 4.78 is 41.7. The van der Waals surface area contributed by atoms with E-state index in [2.05, 4.69) is 0 Å². The Kier molecular flexibility index (Phi) is 4.82. The second kappa shape index (κ2) is 5.67. The van der Waals surface area contributed by atoms with Crippen molar-refractivity contribution in [3.8, 4) is 0 Å². The second-order valence-corrected chi connectivity index (χ2v) is 3.87. The number of nitrogens with two attached hydrogens (primary N) is 1. The van der Waals surface area contributed by atoms with Gasteiger partial charge in [0.15, 0.2) is 0 Å². The molecule has 0 saturated carbocycles. The Labute approximate surface area is 87.4 Å². The summed E-state index contributed by atoms with van der Waals surface area (Å²) in [5.41, 5.74) is 5.28. The molecule has 0 spiro atoms. The maximum Gasteiger partial charge on any atom is 0.401 e. The minimum atomic E-state index is -4.14. The number of alkyl halides is 3. The van der Waals surface area contributed by atoms with Crippen LogP contribution in [0.4, 0.5) is 13.2 Å². The summed E-state index contributed by atoms with van der Waals surface area (Å²) in [4.78, 5) is 1.36. The predicted molar refractivity (Wildman–Crippen MR) is 50.5 cm³/mol. The molecule has 0 aromatic carbocycles. The highest BCUT2D eigenvalue weighted by atomic mass is 19.4. The normalized spacial score (nSPS) is 22.6. The van der Waals surface area contributed by atoms with Crippen molar-refractivity contribution in [2.24, 2.45) is 11.7 Å². The molecule has 0 radical (unpaired) electrons. The van der Waals surface area contributed by atoms with E-state index >= 15 is 0 Å². The van der Waals surface area contributed by atoms with E-state index in [4.69, 9.17) is 10.5 Å². The van der Waals surface area contributed by atoms with Gasteiger partial charge in [-0.2, -0.15) is 13.2 Å². The third-order valence-electron chi connectivity index (χ3n) is 2.39. The van der Waals surface area contributed by atoms with Gasteiger partial charge in [-0.3, -0.25) is 4.90 Å². The molecule has 15 heavy (non-hydrogen) atoms. The first-order chi connectivity index (χ1) is 7.01. The van der Waals surface area contributed by atoms with Crippen LogP contribution in [0.2, 0.25) is 0 Å². The fourth-order valence-electron chi connectivity index (χ4n) is 1.76. The highest BCUT2D eigenvalue weighted by molar-refractivity contribution is 4.72. The third-order valence-corrected chi connectivity index (χ3v) is 2.39. The molecular formula is C9H17F3N2O. The first-order valence-corrected chi connectivity index (χ1v) is 5.08. The SMILES string of the molecule is NCCN(CC1CCOC1)CC(F)(F)F. The summed E-state index contributed by atoms with van der Waals surface area (Å²) in [5.74, 6) is 0.221. The number of halogens is 3. The van der Waals surface area contributed by atoms with Crippen molar-refractivity contribution in [1.82, 2.24) is 4.90 Å². The van der Waals surface area contributed by atoms with Crippen LogP contribution in [0.3, 0.4) is 0 Å². The molecule has 2 N–H and O–H groups in total. The zero-order valence-corrected chi connectivity index (χ0v) is 8.59. The molecule has 0 bridgehead atoms. The first-order valence-electron chi connectivity index (χ1n) is 5.08. The number of hydrogen-bond acceptors (Lipinski definition) is 3. The third kappa shape index (κ3) is 5.34. The monoisotopic (exact) mass is 226 g/mol. The van der Waals surface area contributed by atoms with E-state index in [1.807, 2.05) is 0 Å². The number of hydrogen-bond donors (Lipinski definition) is 1. The summed E-state index contributed by atoms with van der Waals surface area (Å²) in [5, 5.41) is 0. The summed E-state index contributed by atoms with van der Waals surface area (Å²) in [7, 11) is 0. The van der Waals surface area contributed by atoms with Gasteiger partial charge in [-0.25, -0.2) is 0 Å². The van der Waals surface area contributed by atoms with Gasteiger partial charge in [-0.1, -0.05) is 0 Å². The Morgan fingerprint density at radius 1 is 1.40 bits per heavy atom. The average Bonchev–Trinajstić information content (AvgIpc) is 2.54. The van der Waals surface area contributed by atoms with Gasteiger partial charge in [0.25, 0.3) is 0 Å². The second-order valence-electron chi connectivity index (χ2n) is 3.87. The lowest BCUT2D eigenvalue weighted by Gasteiger charge is -2.25. The topological polar surface area (TPSA) is 38.5 Å². The Morgan fingerprint density at radius 2 is 2.13 bits per heavy atom. The summed E-state index contributed by atoms with van der Waals surface area (Å²) >= 11 is 0. The molecule has 0 aromatic heterocycles. The van der Waals surface area contributed by atoms with Crippen molar-refractivity contribution in [2.75, 3.05) is 39.4 Å². The molecule has 0 amide bonds. The van der Waals surface area contributed by atoms with Gasteiger partial charge in [0.1, 0.15) is 0 Å². The molecule has 1 rings (SSSR count). The zero-order chi connectivity index (χ0) is 11.3. The van der Waals surface area contributed by atoms with Crippen LogP contribution in [-0.2, 0) is 4.74 Å². The molecular weight excluding hydrogens is 209 g/mol. The van der Waals surface area contributed by atoms with Gasteiger partial charge in [-0.15, -0.1) is 0 Å². The van der Waals surface area contributed by atoms with Gasteiger partial charge in [0, 0.05) is 26.2 Å². The van der Waals surface area contributed by atoms with Crippen molar-refractivity contribution in [3.63, 3.8) is 0 Å². The van der Waals surface area contributed by atoms with Crippen molar-refractivity contribution in [3.05, 3.63) is 0 Å². The lowest BCUT2D eigenvalue weighted by Crippen LogP contribution is -2.40. The molecule has 1 saturated heterocycles. The molecule has 1 fully saturated rings. The predicted octanol–water partition coefficient (Wildman–Crippen LogP) is 0.846. The molecule has 6 heteroatoms. The van der Waals surface area contributed by atoms with E-state index in [-0.39, 0.29) is 19.0 Å². The van der Waals surface area contributed by atoms with Crippen LogP contribution < -0.4 is 5.73 Å². The minimum absolute atomic E-state index is 0.221. The van der Waals surface area contributed by atoms with Crippen molar-refractivity contribution < 1.29 is 17.9 Å². The van der Waals surface area contributed by atoms with E-state index in [0.717, 1.165) is 6.42 Å². The average molecular weight is 226 g/mol. The fraction of sp³-hybridized carbons (Fsp3) is 1.00. The van der Waals surface area contributed by atoms with Crippen LogP contribution in [0.1, 0.15) is 6.42 Å². The molecule has 1 aliphatic heterocycles. The summed E-state index contributed by atoms with van der Waals surface area (Å²) in [6, 6.07) is 0. The van der Waals surface area contributed by atoms with Gasteiger partial charge in [0.05, 0.1) is 13.2 Å². The van der Waals surface area contributed by atoms with Gasteiger partial charge in [-0.05, 0) is 12.3 Å². The molecule has 90 valence electrons. The number of ether oxygens (including phenoxy) is 1. The highest BCUT2D eigenvalue weighted by Crippen LogP contribution is 2.19. The van der Waals surface area contributed by atoms with E-state index in [1.54, 1.807) is 0 Å². The van der Waals surface area contributed by atoms with Crippen molar-refractivity contribution >= 4 is 0 Å². The molecule has 1 aliphatic rings. The highest BCUT2D eigenvalue weighted by Gasteiger charge is 2.31. The Bertz CT molecular complexity index is 181. The summed E-state index contributed by atoms with van der Waals surface area (Å²) in [6.07, 6.45) is -3.30. The molecule has 1 heterocycles. The van der Waals surface area contributed by atoms with E-state index < -0.39 is 12.7 Å². The van der Waals surface area contributed by atoms with Gasteiger partial charge >= 0.3 is 6.18 Å². The standard InChI is InChI=1S/C9H17F3N2O/c10-9(11,12)7-14(3-2-13)5-8-1-4-15-6-8/h8H,1-7,13H2. The Hall–Kier alpha value is -0.330. The minimum Gasteiger partial charge on any atom is -0.381 e. The van der Waals surface area contributed by atoms with Crippen LogP contribution in [0, 0.1) is 5.92 Å². The van der Waals surface area contributed by atoms with E-state index in [9.17, 15) is 13.2 Å². The van der Waals surface area contributed by atoms with Crippen molar-refractivity contribution in [1.29, 1.82) is 0 Å². The van der Waals surface area contributed by atoms with E-state index in [1.165, 1.54) is 4.90 Å². The molecule has 1 unspecified atom stereocenters. The van der Waals surface area contributed by atoms with Crippen molar-refractivity contribution in [2.45, 2.75) is 12.6 Å². The smallest absolute Gasteiger partial charge is 0.381 e. The lowest BCUT2D eigenvalue weighted by molar-refractivity contribution is -0.146. The largest absolute Gasteiger partial charge is 0.401 e. The van der Waals surface area contributed by atoms with Gasteiger partial charge < -0.3 is 10.5 Å². The quantitative estimate of drug-likeness (QED) is 0.755. The Morgan fingerprint density at radius 3 is 2.60 bits per heavy atom. The number of nitrogens with zero attached hydrogens (tertiary/aromatic N) is 1. The zero-order valence-electron chi connectivity index (χ0n) is 8.59. The van der Waals surface area contributed by atoms with Crippen LogP contribution >= 0.6 is 0 Å². The van der Waals surface area contributed by atoms with Crippen LogP contribution in [0.5, 0.6) is 0 Å². The first kappa shape index (κ1) is 12.7. The maximum atomic E-state index is 12.2. The van der Waals surface area contributed by atoms with E-state index in [0.29, 0.717) is 19.8 Å². The number of rotatable bonds is 5. The lowest BCUT2D eigenvalue weighted by atomic mass is 10.1. The van der Waals surface area contributed by atoms with Crippen LogP contribution in [-0.4, -0.2) is 50.5 Å². The molecule has 1 atom stereocenters. The van der Waals surface area contributed by atoms with Gasteiger partial charge in [0.2, 0.25) is 0 Å².